The van der Waals surface area contributed by atoms with Crippen molar-refractivity contribution in [2.75, 3.05) is 12.0 Å². The molecule has 2 rings (SSSR count). The zero-order chi connectivity index (χ0) is 13.7. The molecule has 1 aliphatic carbocycles. The van der Waals surface area contributed by atoms with Gasteiger partial charge >= 0.3 is 0 Å². The number of hydrogen-bond donors (Lipinski definition) is 2. The summed E-state index contributed by atoms with van der Waals surface area (Å²) in [5.41, 5.74) is 1.17. The molecule has 1 aliphatic rings. The Labute approximate surface area is 118 Å². The first-order valence-corrected chi connectivity index (χ1v) is 7.93. The Morgan fingerprint density at radius 1 is 1.53 bits per heavy atom. The van der Waals surface area contributed by atoms with Gasteiger partial charge in [-0.15, -0.1) is 0 Å². The summed E-state index contributed by atoms with van der Waals surface area (Å²) in [7, 11) is 0. The molecule has 0 bridgehead atoms. The van der Waals surface area contributed by atoms with Crippen LogP contribution in [0.2, 0.25) is 0 Å². The molecule has 1 atom stereocenters. The first kappa shape index (κ1) is 14.3. The van der Waals surface area contributed by atoms with E-state index in [0.717, 1.165) is 19.3 Å². The SMILES string of the molecule is CSCC(=O)NC(Cc1ccncc1)C1CC(O)C1. The van der Waals surface area contributed by atoms with Crippen LogP contribution in [0.3, 0.4) is 0 Å². The van der Waals surface area contributed by atoms with Crippen LogP contribution < -0.4 is 5.32 Å². The average molecular weight is 280 g/mol. The van der Waals surface area contributed by atoms with Crippen molar-refractivity contribution >= 4 is 17.7 Å². The van der Waals surface area contributed by atoms with Gasteiger partial charge in [-0.25, -0.2) is 0 Å². The van der Waals surface area contributed by atoms with E-state index in [9.17, 15) is 9.90 Å². The van der Waals surface area contributed by atoms with Crippen LogP contribution >= 0.6 is 11.8 Å². The van der Waals surface area contributed by atoms with Gasteiger partial charge in [0.2, 0.25) is 5.91 Å². The number of carbonyl (C=O) groups is 1. The highest BCUT2D eigenvalue weighted by atomic mass is 32.2. The van der Waals surface area contributed by atoms with Gasteiger partial charge in [0.25, 0.3) is 0 Å². The summed E-state index contributed by atoms with van der Waals surface area (Å²) in [4.78, 5) is 15.8. The van der Waals surface area contributed by atoms with E-state index in [0.29, 0.717) is 11.7 Å². The number of aliphatic hydroxyl groups is 1. The van der Waals surface area contributed by atoms with Crippen molar-refractivity contribution in [3.8, 4) is 0 Å². The third-order valence-corrected chi connectivity index (χ3v) is 4.10. The molecular weight excluding hydrogens is 260 g/mol. The molecule has 4 nitrogen and oxygen atoms in total. The molecule has 1 saturated carbocycles. The maximum atomic E-state index is 11.8. The van der Waals surface area contributed by atoms with Crippen LogP contribution in [0.1, 0.15) is 18.4 Å². The van der Waals surface area contributed by atoms with E-state index in [4.69, 9.17) is 0 Å². The van der Waals surface area contributed by atoms with E-state index in [1.54, 1.807) is 12.4 Å². The minimum atomic E-state index is -0.192. The number of aromatic nitrogens is 1. The first-order valence-electron chi connectivity index (χ1n) is 6.54. The molecule has 0 spiro atoms. The maximum Gasteiger partial charge on any atom is 0.230 e. The topological polar surface area (TPSA) is 62.2 Å². The summed E-state index contributed by atoms with van der Waals surface area (Å²) in [6, 6.07) is 4.07. The Bertz CT molecular complexity index is 407. The molecule has 1 aromatic rings. The summed E-state index contributed by atoms with van der Waals surface area (Å²) in [6.07, 6.45) is 7.65. The van der Waals surface area contributed by atoms with Crippen molar-refractivity contribution in [1.29, 1.82) is 0 Å². The molecule has 0 saturated heterocycles. The van der Waals surface area contributed by atoms with Crippen LogP contribution in [0.5, 0.6) is 0 Å². The zero-order valence-electron chi connectivity index (χ0n) is 11.1. The van der Waals surface area contributed by atoms with Gasteiger partial charge in [-0.05, 0) is 49.1 Å². The summed E-state index contributed by atoms with van der Waals surface area (Å²) in [5, 5.41) is 12.5. The van der Waals surface area contributed by atoms with E-state index in [1.807, 2.05) is 18.4 Å². The lowest BCUT2D eigenvalue weighted by molar-refractivity contribution is -0.120. The molecule has 0 aromatic carbocycles. The lowest BCUT2D eigenvalue weighted by atomic mass is 9.75. The summed E-state index contributed by atoms with van der Waals surface area (Å²) in [5.74, 6) is 0.948. The van der Waals surface area contributed by atoms with Crippen molar-refractivity contribution < 1.29 is 9.90 Å². The van der Waals surface area contributed by atoms with Crippen molar-refractivity contribution in [1.82, 2.24) is 10.3 Å². The van der Waals surface area contributed by atoms with E-state index < -0.39 is 0 Å². The van der Waals surface area contributed by atoms with E-state index in [2.05, 4.69) is 10.3 Å². The van der Waals surface area contributed by atoms with Gasteiger partial charge in [-0.3, -0.25) is 9.78 Å². The fourth-order valence-electron chi connectivity index (χ4n) is 2.45. The summed E-state index contributed by atoms with van der Waals surface area (Å²) in [6.45, 7) is 0. The highest BCUT2D eigenvalue weighted by Crippen LogP contribution is 2.31. The third kappa shape index (κ3) is 4.21. The maximum absolute atomic E-state index is 11.8. The van der Waals surface area contributed by atoms with Gasteiger partial charge in [0.15, 0.2) is 0 Å². The second-order valence-electron chi connectivity index (χ2n) is 5.05. The van der Waals surface area contributed by atoms with Crippen LogP contribution in [0.25, 0.3) is 0 Å². The molecule has 1 aromatic heterocycles. The van der Waals surface area contributed by atoms with Crippen molar-refractivity contribution in [2.24, 2.45) is 5.92 Å². The molecule has 1 fully saturated rings. The average Bonchev–Trinajstić information content (AvgIpc) is 2.36. The van der Waals surface area contributed by atoms with Gasteiger partial charge in [0.05, 0.1) is 11.9 Å². The van der Waals surface area contributed by atoms with Gasteiger partial charge in [0, 0.05) is 18.4 Å². The largest absolute Gasteiger partial charge is 0.393 e. The van der Waals surface area contributed by atoms with Crippen molar-refractivity contribution in [3.63, 3.8) is 0 Å². The number of hydrogen-bond acceptors (Lipinski definition) is 4. The Balaban J connectivity index is 1.96. The molecular formula is C14H20N2O2S. The number of pyridine rings is 1. The fraction of sp³-hybridized carbons (Fsp3) is 0.571. The number of nitrogens with one attached hydrogen (secondary N) is 1. The molecule has 0 aliphatic heterocycles. The van der Waals surface area contributed by atoms with Crippen LogP contribution in [0.4, 0.5) is 0 Å². The summed E-state index contributed by atoms with van der Waals surface area (Å²) < 4.78 is 0. The molecule has 1 unspecified atom stereocenters. The normalized spacial score (nSPS) is 23.5. The Morgan fingerprint density at radius 3 is 2.79 bits per heavy atom. The number of nitrogens with zero attached hydrogens (tertiary/aromatic N) is 1. The molecule has 1 amide bonds. The third-order valence-electron chi connectivity index (χ3n) is 3.55. The smallest absolute Gasteiger partial charge is 0.230 e. The highest BCUT2D eigenvalue weighted by Gasteiger charge is 2.34. The van der Waals surface area contributed by atoms with Gasteiger partial charge in [-0.2, -0.15) is 11.8 Å². The number of aliphatic hydroxyl groups excluding tert-OH is 1. The van der Waals surface area contributed by atoms with E-state index in [1.165, 1.54) is 17.3 Å². The Morgan fingerprint density at radius 2 is 2.21 bits per heavy atom. The molecule has 19 heavy (non-hydrogen) atoms. The Hall–Kier alpha value is -1.07. The Kier molecular flexibility index (Phi) is 5.22. The van der Waals surface area contributed by atoms with Crippen LogP contribution in [-0.2, 0) is 11.2 Å². The highest BCUT2D eigenvalue weighted by molar-refractivity contribution is 7.99. The number of thioether (sulfide) groups is 1. The van der Waals surface area contributed by atoms with Crippen molar-refractivity contribution in [2.45, 2.75) is 31.4 Å². The minimum absolute atomic E-state index is 0.0768. The monoisotopic (exact) mass is 280 g/mol. The van der Waals surface area contributed by atoms with Crippen LogP contribution in [0, 0.1) is 5.92 Å². The second-order valence-corrected chi connectivity index (χ2v) is 5.92. The number of carbonyl (C=O) groups excluding carboxylic acids is 1. The molecule has 2 N–H and O–H groups in total. The number of rotatable bonds is 6. The standard InChI is InChI=1S/C14H20N2O2S/c1-19-9-14(18)16-13(11-7-12(17)8-11)6-10-2-4-15-5-3-10/h2-5,11-13,17H,6-9H2,1H3,(H,16,18). The number of amides is 1. The molecule has 0 radical (unpaired) electrons. The van der Waals surface area contributed by atoms with Gasteiger partial charge in [-0.1, -0.05) is 0 Å². The van der Waals surface area contributed by atoms with Gasteiger partial charge < -0.3 is 10.4 Å². The zero-order valence-corrected chi connectivity index (χ0v) is 11.9. The fourth-order valence-corrected chi connectivity index (χ4v) is 2.79. The lowest BCUT2D eigenvalue weighted by Crippen LogP contribution is -2.48. The quantitative estimate of drug-likeness (QED) is 0.823. The lowest BCUT2D eigenvalue weighted by Gasteiger charge is -2.38. The molecule has 1 heterocycles. The molecule has 104 valence electrons. The van der Waals surface area contributed by atoms with Crippen LogP contribution in [-0.4, -0.2) is 40.2 Å². The second kappa shape index (κ2) is 6.91. The van der Waals surface area contributed by atoms with E-state index >= 15 is 0 Å². The first-order chi connectivity index (χ1) is 9.19. The van der Waals surface area contributed by atoms with E-state index in [-0.39, 0.29) is 18.1 Å². The molecule has 5 heteroatoms. The minimum Gasteiger partial charge on any atom is -0.393 e. The predicted octanol–water partition coefficient (Wildman–Crippen LogP) is 1.24. The summed E-state index contributed by atoms with van der Waals surface area (Å²) >= 11 is 1.52. The van der Waals surface area contributed by atoms with Gasteiger partial charge in [0.1, 0.15) is 0 Å². The predicted molar refractivity (Wildman–Crippen MR) is 77.0 cm³/mol. The van der Waals surface area contributed by atoms with Crippen LogP contribution in [0.15, 0.2) is 24.5 Å². The van der Waals surface area contributed by atoms with Crippen molar-refractivity contribution in [3.05, 3.63) is 30.1 Å².